The van der Waals surface area contributed by atoms with Gasteiger partial charge in [-0.2, -0.15) is 0 Å². The lowest BCUT2D eigenvalue weighted by atomic mass is 10.3. The predicted molar refractivity (Wildman–Crippen MR) is 78.3 cm³/mol. The van der Waals surface area contributed by atoms with Gasteiger partial charge >= 0.3 is 0 Å². The van der Waals surface area contributed by atoms with Crippen molar-refractivity contribution in [2.75, 3.05) is 18.9 Å². The van der Waals surface area contributed by atoms with Gasteiger partial charge in [-0.1, -0.05) is 12.1 Å². The van der Waals surface area contributed by atoms with Gasteiger partial charge in [0.2, 0.25) is 5.88 Å². The molecule has 3 rings (SSSR count). The van der Waals surface area contributed by atoms with Gasteiger partial charge in [0.1, 0.15) is 6.61 Å². The predicted octanol–water partition coefficient (Wildman–Crippen LogP) is 1.47. The number of hydrogen-bond acceptors (Lipinski definition) is 6. The van der Waals surface area contributed by atoms with Crippen molar-refractivity contribution in [2.24, 2.45) is 0 Å². The molecule has 7 nitrogen and oxygen atoms in total. The van der Waals surface area contributed by atoms with E-state index in [1.54, 1.807) is 0 Å². The van der Waals surface area contributed by atoms with E-state index in [0.717, 1.165) is 11.0 Å². The van der Waals surface area contributed by atoms with E-state index in [-0.39, 0.29) is 21.9 Å². The van der Waals surface area contributed by atoms with Gasteiger partial charge in [-0.15, -0.1) is 0 Å². The fraction of sp³-hybridized carbons (Fsp3) is 0.154. The summed E-state index contributed by atoms with van der Waals surface area (Å²) in [5, 5.41) is 8.75. The van der Waals surface area contributed by atoms with Gasteiger partial charge < -0.3 is 20.6 Å². The van der Waals surface area contributed by atoms with Crippen molar-refractivity contribution in [1.29, 1.82) is 0 Å². The van der Waals surface area contributed by atoms with Gasteiger partial charge in [-0.05, 0) is 12.1 Å². The molecule has 0 bridgehead atoms. The molecule has 0 amide bonds. The molecule has 0 radical (unpaired) electrons. The Morgan fingerprint density at radius 3 is 2.95 bits per heavy atom. The summed E-state index contributed by atoms with van der Waals surface area (Å²) < 4.78 is 5.23. The summed E-state index contributed by atoms with van der Waals surface area (Å²) in [7, 11) is 0. The van der Waals surface area contributed by atoms with E-state index < -0.39 is 0 Å². The molecule has 0 fully saturated rings. The maximum absolute atomic E-state index is 8.75. The number of nitrogens with two attached hydrogens (primary N) is 1. The first-order valence-corrected chi connectivity index (χ1v) is 6.09. The molecule has 0 unspecified atom stereocenters. The smallest absolute Gasteiger partial charge is 0.233 e. The van der Waals surface area contributed by atoms with E-state index in [4.69, 9.17) is 15.6 Å². The standard InChI is InChI=1S/C13H13N5O2.2H2/c14-12-11(18-10(7-15-12)20-6-5-19)13-16-8-3-1-2-4-9(8)17-13;;/h1-4,7,19H,5-6H2,(H2,14,15)(H,16,17);2*1H. The van der Waals surface area contributed by atoms with E-state index in [9.17, 15) is 0 Å². The second kappa shape index (κ2) is 5.14. The highest BCUT2D eigenvalue weighted by atomic mass is 16.5. The van der Waals surface area contributed by atoms with Crippen LogP contribution in [0.25, 0.3) is 22.6 Å². The highest BCUT2D eigenvalue weighted by molar-refractivity contribution is 5.80. The van der Waals surface area contributed by atoms with Crippen molar-refractivity contribution in [3.63, 3.8) is 0 Å². The molecule has 0 saturated heterocycles. The number of rotatable bonds is 4. The minimum absolute atomic E-state index is 0. The molecule has 0 aliphatic carbocycles. The van der Waals surface area contributed by atoms with Crippen LogP contribution in [0, 0.1) is 0 Å². The van der Waals surface area contributed by atoms with Crippen LogP contribution >= 0.6 is 0 Å². The maximum Gasteiger partial charge on any atom is 0.233 e. The molecule has 0 aliphatic rings. The third kappa shape index (κ3) is 2.26. The fourth-order valence-electron chi connectivity index (χ4n) is 1.84. The van der Waals surface area contributed by atoms with Crippen molar-refractivity contribution in [3.8, 4) is 17.4 Å². The lowest BCUT2D eigenvalue weighted by Crippen LogP contribution is -2.06. The van der Waals surface area contributed by atoms with Gasteiger partial charge in [-0.3, -0.25) is 0 Å². The van der Waals surface area contributed by atoms with Crippen molar-refractivity contribution in [3.05, 3.63) is 30.5 Å². The zero-order valence-corrected chi connectivity index (χ0v) is 10.6. The third-order valence-electron chi connectivity index (χ3n) is 2.73. The zero-order valence-electron chi connectivity index (χ0n) is 10.6. The van der Waals surface area contributed by atoms with Crippen LogP contribution in [0.4, 0.5) is 5.82 Å². The molecule has 0 atom stereocenters. The molecular weight excluding hydrogens is 258 g/mol. The number of imidazole rings is 1. The van der Waals surface area contributed by atoms with Crippen molar-refractivity contribution in [1.82, 2.24) is 19.9 Å². The Morgan fingerprint density at radius 1 is 1.30 bits per heavy atom. The Bertz CT molecular complexity index is 717. The van der Waals surface area contributed by atoms with Gasteiger partial charge in [-0.25, -0.2) is 15.0 Å². The van der Waals surface area contributed by atoms with E-state index >= 15 is 0 Å². The lowest BCUT2D eigenvalue weighted by molar-refractivity contribution is 0.196. The van der Waals surface area contributed by atoms with Crippen molar-refractivity contribution in [2.45, 2.75) is 0 Å². The summed E-state index contributed by atoms with van der Waals surface area (Å²) in [6.07, 6.45) is 1.41. The SMILES string of the molecule is Nc1ncc(OCCO)nc1-c1nc2ccccc2[nH]1.[HH].[HH]. The molecule has 3 aromatic rings. The Kier molecular flexibility index (Phi) is 3.18. The van der Waals surface area contributed by atoms with Crippen LogP contribution in [0.1, 0.15) is 2.85 Å². The monoisotopic (exact) mass is 275 g/mol. The summed E-state index contributed by atoms with van der Waals surface area (Å²) >= 11 is 0. The molecule has 20 heavy (non-hydrogen) atoms. The highest BCUT2D eigenvalue weighted by Gasteiger charge is 2.12. The summed E-state index contributed by atoms with van der Waals surface area (Å²) in [5.74, 6) is 1.09. The average Bonchev–Trinajstić information content (AvgIpc) is 2.90. The van der Waals surface area contributed by atoms with Crippen molar-refractivity contribution >= 4 is 16.9 Å². The lowest BCUT2D eigenvalue weighted by Gasteiger charge is -2.05. The molecule has 106 valence electrons. The van der Waals surface area contributed by atoms with E-state index in [1.165, 1.54) is 6.20 Å². The average molecular weight is 275 g/mol. The Balaban J connectivity index is 0.00000121. The summed E-state index contributed by atoms with van der Waals surface area (Å²) in [4.78, 5) is 15.8. The van der Waals surface area contributed by atoms with E-state index in [0.29, 0.717) is 17.4 Å². The van der Waals surface area contributed by atoms with Gasteiger partial charge in [0.25, 0.3) is 0 Å². The molecule has 0 aliphatic heterocycles. The molecular formula is C13H17N5O2. The molecule has 4 N–H and O–H groups in total. The first-order valence-electron chi connectivity index (χ1n) is 6.09. The number of nitrogens with zero attached hydrogens (tertiary/aromatic N) is 3. The largest absolute Gasteiger partial charge is 0.474 e. The van der Waals surface area contributed by atoms with Crippen LogP contribution < -0.4 is 10.5 Å². The molecule has 7 heteroatoms. The van der Waals surface area contributed by atoms with Crippen molar-refractivity contribution < 1.29 is 12.7 Å². The normalized spacial score (nSPS) is 10.8. The Morgan fingerprint density at radius 2 is 2.15 bits per heavy atom. The van der Waals surface area contributed by atoms with Crippen LogP contribution in [0.15, 0.2) is 30.5 Å². The number of hydrogen-bond donors (Lipinski definition) is 3. The quantitative estimate of drug-likeness (QED) is 0.665. The second-order valence-corrected chi connectivity index (χ2v) is 4.12. The highest BCUT2D eigenvalue weighted by Crippen LogP contribution is 2.24. The van der Waals surface area contributed by atoms with Gasteiger partial charge in [0.15, 0.2) is 17.3 Å². The number of fused-ring (bicyclic) bond motifs is 1. The summed E-state index contributed by atoms with van der Waals surface area (Å²) in [5.41, 5.74) is 7.98. The fourth-order valence-corrected chi connectivity index (χ4v) is 1.84. The maximum atomic E-state index is 8.75. The first-order chi connectivity index (χ1) is 9.78. The van der Waals surface area contributed by atoms with Crippen LogP contribution in [0.3, 0.4) is 0 Å². The number of aromatic nitrogens is 4. The number of anilines is 1. The third-order valence-corrected chi connectivity index (χ3v) is 2.73. The minimum Gasteiger partial charge on any atom is -0.474 e. The topological polar surface area (TPSA) is 110 Å². The van der Waals surface area contributed by atoms with Gasteiger partial charge in [0.05, 0.1) is 23.8 Å². The molecule has 1 aromatic carbocycles. The Hall–Kier alpha value is -2.67. The number of ether oxygens (including phenoxy) is 1. The molecule has 2 heterocycles. The van der Waals surface area contributed by atoms with Crippen LogP contribution in [0.2, 0.25) is 0 Å². The van der Waals surface area contributed by atoms with Crippen LogP contribution in [-0.4, -0.2) is 38.3 Å². The summed E-state index contributed by atoms with van der Waals surface area (Å²) in [6, 6.07) is 7.63. The number of H-pyrrole nitrogens is 1. The number of aliphatic hydroxyl groups is 1. The van der Waals surface area contributed by atoms with Crippen LogP contribution in [0.5, 0.6) is 5.88 Å². The molecule has 0 spiro atoms. The second-order valence-electron chi connectivity index (χ2n) is 4.12. The number of para-hydroxylation sites is 2. The Labute approximate surface area is 117 Å². The van der Waals surface area contributed by atoms with E-state index in [1.807, 2.05) is 24.3 Å². The molecule has 2 aromatic heterocycles. The minimum atomic E-state index is -0.0912. The zero-order chi connectivity index (χ0) is 13.9. The van der Waals surface area contributed by atoms with Crippen LogP contribution in [-0.2, 0) is 0 Å². The number of nitrogens with one attached hydrogen (secondary N) is 1. The van der Waals surface area contributed by atoms with E-state index in [2.05, 4.69) is 19.9 Å². The van der Waals surface area contributed by atoms with Gasteiger partial charge in [0, 0.05) is 2.85 Å². The molecule has 0 saturated carbocycles. The number of benzene rings is 1. The first kappa shape index (κ1) is 12.4. The number of aromatic amines is 1. The number of aliphatic hydroxyl groups excluding tert-OH is 1. The number of nitrogen functional groups attached to an aromatic ring is 1. The summed E-state index contributed by atoms with van der Waals surface area (Å²) in [6.45, 7) is 0.0597.